The number of hydrogen-bond donors (Lipinski definition) is 1. The van der Waals surface area contributed by atoms with Crippen LogP contribution in [0.1, 0.15) is 32.3 Å². The summed E-state index contributed by atoms with van der Waals surface area (Å²) in [6, 6.07) is 7.69. The molecule has 0 fully saturated rings. The van der Waals surface area contributed by atoms with E-state index in [2.05, 4.69) is 35.1 Å². The molecule has 0 bridgehead atoms. The fraction of sp³-hybridized carbons (Fsp3) is 0.438. The highest BCUT2D eigenvalue weighted by molar-refractivity contribution is 9.09. The zero-order valence-electron chi connectivity index (χ0n) is 11.8. The van der Waals surface area contributed by atoms with Gasteiger partial charge in [-0.05, 0) is 36.1 Å². The smallest absolute Gasteiger partial charge is 0.248 e. The van der Waals surface area contributed by atoms with E-state index >= 15 is 0 Å². The van der Waals surface area contributed by atoms with E-state index in [0.717, 1.165) is 34.3 Å². The van der Waals surface area contributed by atoms with E-state index in [0.29, 0.717) is 6.42 Å². The van der Waals surface area contributed by atoms with Crippen molar-refractivity contribution in [3.8, 4) is 0 Å². The number of alkyl halides is 1. The van der Waals surface area contributed by atoms with Crippen molar-refractivity contribution in [2.24, 2.45) is 0 Å². The fourth-order valence-electron chi connectivity index (χ4n) is 2.85. The number of carbonyl (C=O) groups is 1. The topological polar surface area (TPSA) is 29.1 Å². The maximum absolute atomic E-state index is 12.3. The van der Waals surface area contributed by atoms with Crippen LogP contribution < -0.4 is 5.32 Å². The number of nitrogens with one attached hydrogen (secondary N) is 1. The van der Waals surface area contributed by atoms with Gasteiger partial charge in [-0.3, -0.25) is 4.79 Å². The number of benzene rings is 1. The van der Waals surface area contributed by atoms with Crippen molar-refractivity contribution in [3.63, 3.8) is 0 Å². The second kappa shape index (κ2) is 6.31. The molecule has 1 aliphatic heterocycles. The molecule has 2 rings (SSSR count). The molecule has 1 aromatic rings. The first-order valence-electron chi connectivity index (χ1n) is 6.91. The van der Waals surface area contributed by atoms with Crippen LogP contribution in [-0.4, -0.2) is 16.8 Å². The van der Waals surface area contributed by atoms with Crippen molar-refractivity contribution in [1.29, 1.82) is 0 Å². The number of halogens is 2. The molecular weight excluding hydrogens is 338 g/mol. The van der Waals surface area contributed by atoms with Crippen LogP contribution in [0.3, 0.4) is 0 Å². The van der Waals surface area contributed by atoms with Gasteiger partial charge in [-0.2, -0.15) is 0 Å². The summed E-state index contributed by atoms with van der Waals surface area (Å²) >= 11 is 9.46. The molecule has 0 unspecified atom stereocenters. The summed E-state index contributed by atoms with van der Waals surface area (Å²) in [5.41, 5.74) is 3.03. The summed E-state index contributed by atoms with van der Waals surface area (Å²) in [5.74, 6) is 0.0677. The van der Waals surface area contributed by atoms with E-state index in [4.69, 9.17) is 11.6 Å². The maximum atomic E-state index is 12.3. The van der Waals surface area contributed by atoms with E-state index in [9.17, 15) is 4.79 Å². The van der Waals surface area contributed by atoms with Crippen LogP contribution >= 0.6 is 27.5 Å². The van der Waals surface area contributed by atoms with Crippen molar-refractivity contribution in [1.82, 2.24) is 5.32 Å². The Morgan fingerprint density at radius 3 is 2.30 bits per heavy atom. The normalized spacial score (nSPS) is 17.5. The second-order valence-electron chi connectivity index (χ2n) is 5.14. The summed E-state index contributed by atoms with van der Waals surface area (Å²) in [4.78, 5) is 12.3. The molecule has 0 aromatic heterocycles. The summed E-state index contributed by atoms with van der Waals surface area (Å²) in [5, 5.41) is 4.63. The van der Waals surface area contributed by atoms with Gasteiger partial charge >= 0.3 is 0 Å². The standard InChI is InChI=1S/C16H19BrClNO/c1-3-16(4-2)14(10-17)13(15(20)19-16)9-11-5-7-12(18)8-6-11/h5-8H,3-4,9-10H2,1-2H3,(H,19,20). The van der Waals surface area contributed by atoms with E-state index in [1.807, 2.05) is 24.3 Å². The summed E-state index contributed by atoms with van der Waals surface area (Å²) in [6.45, 7) is 4.25. The molecule has 0 saturated carbocycles. The van der Waals surface area contributed by atoms with Crippen molar-refractivity contribution in [2.45, 2.75) is 38.6 Å². The molecule has 0 spiro atoms. The Bertz CT molecular complexity index is 532. The Morgan fingerprint density at radius 2 is 1.80 bits per heavy atom. The minimum absolute atomic E-state index is 0.0677. The zero-order valence-corrected chi connectivity index (χ0v) is 14.1. The average molecular weight is 357 g/mol. The monoisotopic (exact) mass is 355 g/mol. The van der Waals surface area contributed by atoms with Crippen LogP contribution in [0.15, 0.2) is 35.4 Å². The van der Waals surface area contributed by atoms with Gasteiger partial charge in [0.15, 0.2) is 0 Å². The van der Waals surface area contributed by atoms with Gasteiger partial charge in [0.05, 0.1) is 5.54 Å². The quantitative estimate of drug-likeness (QED) is 0.785. The van der Waals surface area contributed by atoms with Crippen LogP contribution in [0, 0.1) is 0 Å². The first-order valence-corrected chi connectivity index (χ1v) is 8.41. The lowest BCUT2D eigenvalue weighted by atomic mass is 9.85. The predicted octanol–water partition coefficient (Wildman–Crippen LogP) is 4.26. The van der Waals surface area contributed by atoms with Gasteiger partial charge in [0.1, 0.15) is 0 Å². The predicted molar refractivity (Wildman–Crippen MR) is 87.4 cm³/mol. The van der Waals surface area contributed by atoms with Crippen molar-refractivity contribution < 1.29 is 4.79 Å². The van der Waals surface area contributed by atoms with E-state index in [-0.39, 0.29) is 11.4 Å². The Labute approximate surface area is 133 Å². The van der Waals surface area contributed by atoms with Crippen LogP contribution in [0.4, 0.5) is 0 Å². The molecule has 20 heavy (non-hydrogen) atoms. The molecule has 1 N–H and O–H groups in total. The van der Waals surface area contributed by atoms with Gasteiger partial charge in [-0.1, -0.05) is 53.5 Å². The first-order chi connectivity index (χ1) is 9.56. The minimum Gasteiger partial charge on any atom is -0.343 e. The molecule has 4 heteroatoms. The van der Waals surface area contributed by atoms with Gasteiger partial charge in [-0.15, -0.1) is 0 Å². The number of amides is 1. The van der Waals surface area contributed by atoms with E-state index < -0.39 is 0 Å². The van der Waals surface area contributed by atoms with Gasteiger partial charge in [-0.25, -0.2) is 0 Å². The van der Waals surface area contributed by atoms with Gasteiger partial charge < -0.3 is 5.32 Å². The van der Waals surface area contributed by atoms with Gasteiger partial charge in [0.2, 0.25) is 5.91 Å². The number of hydrogen-bond acceptors (Lipinski definition) is 1. The molecular formula is C16H19BrClNO. The van der Waals surface area contributed by atoms with Crippen molar-refractivity contribution in [2.75, 3.05) is 5.33 Å². The average Bonchev–Trinajstić information content (AvgIpc) is 2.74. The van der Waals surface area contributed by atoms with Crippen molar-refractivity contribution >= 4 is 33.4 Å². The molecule has 0 aliphatic carbocycles. The highest BCUT2D eigenvalue weighted by atomic mass is 79.9. The van der Waals surface area contributed by atoms with Gasteiger partial charge in [0, 0.05) is 22.3 Å². The van der Waals surface area contributed by atoms with E-state index in [1.54, 1.807) is 0 Å². The van der Waals surface area contributed by atoms with Crippen molar-refractivity contribution in [3.05, 3.63) is 46.0 Å². The number of rotatable bonds is 5. The molecule has 1 amide bonds. The second-order valence-corrected chi connectivity index (χ2v) is 6.13. The summed E-state index contributed by atoms with van der Waals surface area (Å²) in [7, 11) is 0. The Hall–Kier alpha value is -0.800. The molecule has 0 radical (unpaired) electrons. The van der Waals surface area contributed by atoms with Crippen LogP contribution in [0.25, 0.3) is 0 Å². The summed E-state index contributed by atoms with van der Waals surface area (Å²) in [6.07, 6.45) is 2.49. The minimum atomic E-state index is -0.178. The third-order valence-electron chi connectivity index (χ3n) is 4.20. The Morgan fingerprint density at radius 1 is 1.20 bits per heavy atom. The lowest BCUT2D eigenvalue weighted by Gasteiger charge is -2.29. The van der Waals surface area contributed by atoms with E-state index in [1.165, 1.54) is 5.57 Å². The lowest BCUT2D eigenvalue weighted by Crippen LogP contribution is -2.43. The van der Waals surface area contributed by atoms with Gasteiger partial charge in [0.25, 0.3) is 0 Å². The molecule has 1 heterocycles. The Kier molecular flexibility index (Phi) is 4.92. The van der Waals surface area contributed by atoms with Crippen LogP contribution in [-0.2, 0) is 11.2 Å². The fourth-order valence-corrected chi connectivity index (χ4v) is 3.85. The highest BCUT2D eigenvalue weighted by Gasteiger charge is 2.41. The third kappa shape index (κ3) is 2.79. The summed E-state index contributed by atoms with van der Waals surface area (Å²) < 4.78 is 0. The lowest BCUT2D eigenvalue weighted by molar-refractivity contribution is -0.117. The molecule has 1 aliphatic rings. The van der Waals surface area contributed by atoms with Crippen LogP contribution in [0.2, 0.25) is 5.02 Å². The molecule has 0 saturated heterocycles. The molecule has 0 atom stereocenters. The zero-order chi connectivity index (χ0) is 14.8. The Balaban J connectivity index is 2.36. The molecule has 2 nitrogen and oxygen atoms in total. The first kappa shape index (κ1) is 15.6. The van der Waals surface area contributed by atoms with Crippen LogP contribution in [0.5, 0.6) is 0 Å². The maximum Gasteiger partial charge on any atom is 0.248 e. The largest absolute Gasteiger partial charge is 0.343 e. The molecule has 1 aromatic carbocycles. The number of carbonyl (C=O) groups excluding carboxylic acids is 1. The SMILES string of the molecule is CCC1(CC)NC(=O)C(Cc2ccc(Cl)cc2)=C1CBr. The highest BCUT2D eigenvalue weighted by Crippen LogP contribution is 2.35. The third-order valence-corrected chi connectivity index (χ3v) is 5.02. The molecule has 108 valence electrons.